The van der Waals surface area contributed by atoms with Crippen LogP contribution >= 0.6 is 0 Å². The summed E-state index contributed by atoms with van der Waals surface area (Å²) in [5.74, 6) is -0.962. The summed E-state index contributed by atoms with van der Waals surface area (Å²) in [6.45, 7) is 8.80. The Balaban J connectivity index is 2.20. The summed E-state index contributed by atoms with van der Waals surface area (Å²) in [6, 6.07) is 14.4. The molecule has 0 aromatic heterocycles. The molecule has 0 spiro atoms. The molecule has 32 heavy (non-hydrogen) atoms. The van der Waals surface area contributed by atoms with Crippen molar-refractivity contribution < 1.29 is 19.4 Å². The van der Waals surface area contributed by atoms with Crippen molar-refractivity contribution >= 4 is 17.4 Å². The predicted molar refractivity (Wildman–Crippen MR) is 127 cm³/mol. The average Bonchev–Trinajstić information content (AvgIpc) is 3.03. The van der Waals surface area contributed by atoms with E-state index in [1.807, 2.05) is 42.5 Å². The van der Waals surface area contributed by atoms with Crippen LogP contribution in [0.3, 0.4) is 0 Å². The maximum atomic E-state index is 13.2. The fourth-order valence-electron chi connectivity index (χ4n) is 4.13. The molecule has 1 saturated heterocycles. The van der Waals surface area contributed by atoms with Crippen LogP contribution in [0.2, 0.25) is 0 Å². The van der Waals surface area contributed by atoms with Crippen molar-refractivity contribution in [1.29, 1.82) is 0 Å². The summed E-state index contributed by atoms with van der Waals surface area (Å²) in [6.07, 6.45) is 2.78. The molecule has 5 heteroatoms. The van der Waals surface area contributed by atoms with E-state index >= 15 is 0 Å². The van der Waals surface area contributed by atoms with Crippen LogP contribution in [-0.2, 0) is 15.0 Å². The minimum Gasteiger partial charge on any atom is -0.507 e. The van der Waals surface area contributed by atoms with Crippen LogP contribution in [0.4, 0.5) is 0 Å². The molecule has 1 aliphatic heterocycles. The van der Waals surface area contributed by atoms with Crippen molar-refractivity contribution in [2.45, 2.75) is 58.4 Å². The summed E-state index contributed by atoms with van der Waals surface area (Å²) >= 11 is 0. The molecule has 1 N–H and O–H groups in total. The minimum atomic E-state index is -0.656. The first-order valence-electron chi connectivity index (χ1n) is 11.2. The zero-order chi connectivity index (χ0) is 23.5. The summed E-state index contributed by atoms with van der Waals surface area (Å²) < 4.78 is 5.50. The second kappa shape index (κ2) is 9.60. The van der Waals surface area contributed by atoms with E-state index in [9.17, 15) is 14.7 Å². The lowest BCUT2D eigenvalue weighted by Crippen LogP contribution is -2.30. The van der Waals surface area contributed by atoms with Crippen molar-refractivity contribution in [1.82, 2.24) is 4.90 Å². The van der Waals surface area contributed by atoms with Gasteiger partial charge in [0.05, 0.1) is 24.3 Å². The van der Waals surface area contributed by atoms with Gasteiger partial charge < -0.3 is 14.7 Å². The maximum absolute atomic E-state index is 13.2. The summed E-state index contributed by atoms with van der Waals surface area (Å²) in [7, 11) is 1.53. The molecular weight excluding hydrogens is 402 g/mol. The monoisotopic (exact) mass is 435 g/mol. The smallest absolute Gasteiger partial charge is 0.295 e. The predicted octanol–water partition coefficient (Wildman–Crippen LogP) is 5.60. The van der Waals surface area contributed by atoms with Gasteiger partial charge in [0.2, 0.25) is 0 Å². The first kappa shape index (κ1) is 23.6. The van der Waals surface area contributed by atoms with Crippen molar-refractivity contribution in [2.24, 2.45) is 0 Å². The zero-order valence-electron chi connectivity index (χ0n) is 19.6. The standard InChI is InChI=1S/C27H33NO4/c1-6-7-11-16-28-23(18-12-9-8-10-13-18)22(25(30)26(28)31)24(29)20-17-19(27(2,3)4)14-15-21(20)32-5/h8-10,12-15,17,23,29H,6-7,11,16H2,1-5H3/b24-22+. The molecule has 0 aliphatic carbocycles. The number of hydrogen-bond donors (Lipinski definition) is 1. The van der Waals surface area contributed by atoms with E-state index in [0.717, 1.165) is 30.4 Å². The number of carbonyl (C=O) groups excluding carboxylic acids is 2. The van der Waals surface area contributed by atoms with Crippen LogP contribution in [0.1, 0.15) is 69.7 Å². The van der Waals surface area contributed by atoms with Crippen molar-refractivity contribution in [2.75, 3.05) is 13.7 Å². The van der Waals surface area contributed by atoms with E-state index in [-0.39, 0.29) is 16.7 Å². The largest absolute Gasteiger partial charge is 0.507 e. The topological polar surface area (TPSA) is 66.8 Å². The highest BCUT2D eigenvalue weighted by molar-refractivity contribution is 6.46. The Kier molecular flexibility index (Phi) is 7.07. The third kappa shape index (κ3) is 4.57. The molecular formula is C27H33NO4. The van der Waals surface area contributed by atoms with E-state index in [1.54, 1.807) is 11.0 Å². The number of methoxy groups -OCH3 is 1. The average molecular weight is 436 g/mol. The van der Waals surface area contributed by atoms with E-state index in [4.69, 9.17) is 4.74 Å². The summed E-state index contributed by atoms with van der Waals surface area (Å²) in [5, 5.41) is 11.4. The number of Topliss-reactive ketones (excluding diaryl/α,β-unsaturated/α-hetero) is 1. The van der Waals surface area contributed by atoms with Crippen molar-refractivity contribution in [3.8, 4) is 5.75 Å². The highest BCUT2D eigenvalue weighted by Gasteiger charge is 2.46. The highest BCUT2D eigenvalue weighted by atomic mass is 16.5. The number of carbonyl (C=O) groups is 2. The van der Waals surface area contributed by atoms with Gasteiger partial charge in [-0.1, -0.05) is 76.9 Å². The molecule has 1 fully saturated rings. The van der Waals surface area contributed by atoms with Crippen LogP contribution < -0.4 is 4.74 Å². The number of aliphatic hydroxyl groups is 1. The van der Waals surface area contributed by atoms with Crippen LogP contribution in [0, 0.1) is 0 Å². The van der Waals surface area contributed by atoms with Crippen molar-refractivity contribution in [3.63, 3.8) is 0 Å². The molecule has 2 aromatic carbocycles. The van der Waals surface area contributed by atoms with E-state index < -0.39 is 17.7 Å². The lowest BCUT2D eigenvalue weighted by molar-refractivity contribution is -0.139. The third-order valence-electron chi connectivity index (χ3n) is 5.98. The van der Waals surface area contributed by atoms with E-state index in [1.165, 1.54) is 7.11 Å². The molecule has 1 aliphatic rings. The number of ether oxygens (including phenoxy) is 1. The molecule has 0 bridgehead atoms. The molecule has 5 nitrogen and oxygen atoms in total. The maximum Gasteiger partial charge on any atom is 0.295 e. The minimum absolute atomic E-state index is 0.113. The first-order valence-corrected chi connectivity index (χ1v) is 11.2. The quantitative estimate of drug-likeness (QED) is 0.266. The number of aliphatic hydroxyl groups excluding tert-OH is 1. The van der Waals surface area contributed by atoms with Gasteiger partial charge in [-0.25, -0.2) is 0 Å². The SMILES string of the molecule is CCCCCN1C(=O)C(=O)/C(=C(/O)c2cc(C(C)(C)C)ccc2OC)C1c1ccccc1. The number of unbranched alkanes of at least 4 members (excludes halogenated alkanes) is 2. The third-order valence-corrected chi connectivity index (χ3v) is 5.98. The van der Waals surface area contributed by atoms with Crippen LogP contribution in [-0.4, -0.2) is 35.4 Å². The van der Waals surface area contributed by atoms with Gasteiger partial charge in [0, 0.05) is 6.54 Å². The Morgan fingerprint density at radius 3 is 2.34 bits per heavy atom. The molecule has 1 unspecified atom stereocenters. The number of hydrogen-bond acceptors (Lipinski definition) is 4. The van der Waals surface area contributed by atoms with Crippen LogP contribution in [0.15, 0.2) is 54.1 Å². The zero-order valence-corrected chi connectivity index (χ0v) is 19.6. The summed E-state index contributed by atoms with van der Waals surface area (Å²) in [4.78, 5) is 27.8. The highest BCUT2D eigenvalue weighted by Crippen LogP contribution is 2.41. The van der Waals surface area contributed by atoms with Gasteiger partial charge in [-0.05, 0) is 35.1 Å². The molecule has 1 amide bonds. The fraction of sp³-hybridized carbons (Fsp3) is 0.407. The second-order valence-corrected chi connectivity index (χ2v) is 9.28. The normalized spacial score (nSPS) is 18.3. The molecule has 170 valence electrons. The molecule has 1 atom stereocenters. The number of likely N-dealkylation sites (tertiary alicyclic amines) is 1. The number of rotatable bonds is 7. The van der Waals surface area contributed by atoms with Gasteiger partial charge in [0.15, 0.2) is 0 Å². The second-order valence-electron chi connectivity index (χ2n) is 9.28. The number of benzene rings is 2. The van der Waals surface area contributed by atoms with Gasteiger partial charge in [0.25, 0.3) is 11.7 Å². The number of nitrogens with zero attached hydrogens (tertiary/aromatic N) is 1. The first-order chi connectivity index (χ1) is 15.2. The van der Waals surface area contributed by atoms with Gasteiger partial charge in [-0.2, -0.15) is 0 Å². The van der Waals surface area contributed by atoms with Crippen LogP contribution in [0.5, 0.6) is 5.75 Å². The molecule has 3 rings (SSSR count). The van der Waals surface area contributed by atoms with Gasteiger partial charge in [-0.15, -0.1) is 0 Å². The van der Waals surface area contributed by atoms with Gasteiger partial charge in [0.1, 0.15) is 11.5 Å². The Morgan fingerprint density at radius 2 is 1.75 bits per heavy atom. The molecule has 0 saturated carbocycles. The molecule has 2 aromatic rings. The molecule has 1 heterocycles. The Hall–Kier alpha value is -3.08. The summed E-state index contributed by atoms with van der Waals surface area (Å²) in [5.41, 5.74) is 2.17. The van der Waals surface area contributed by atoms with E-state index in [2.05, 4.69) is 27.7 Å². The Labute approximate surface area is 190 Å². The van der Waals surface area contributed by atoms with E-state index in [0.29, 0.717) is 17.9 Å². The van der Waals surface area contributed by atoms with Crippen molar-refractivity contribution in [3.05, 3.63) is 70.8 Å². The number of amides is 1. The lowest BCUT2D eigenvalue weighted by atomic mass is 9.85. The Morgan fingerprint density at radius 1 is 1.06 bits per heavy atom. The number of ketones is 1. The Bertz CT molecular complexity index is 1020. The van der Waals surface area contributed by atoms with Gasteiger partial charge in [-0.3, -0.25) is 9.59 Å². The van der Waals surface area contributed by atoms with Gasteiger partial charge >= 0.3 is 0 Å². The van der Waals surface area contributed by atoms with Crippen LogP contribution in [0.25, 0.3) is 5.76 Å². The fourth-order valence-corrected chi connectivity index (χ4v) is 4.13. The molecule has 0 radical (unpaired) electrons. The lowest BCUT2D eigenvalue weighted by Gasteiger charge is -2.26.